The number of nitrogens with one attached hydrogen (secondary N) is 1. The molecule has 1 fully saturated rings. The Balaban J connectivity index is 1.71. The highest BCUT2D eigenvalue weighted by Crippen LogP contribution is 2.17. The topological polar surface area (TPSA) is 32.3 Å². The van der Waals surface area contributed by atoms with Gasteiger partial charge < -0.3 is 10.4 Å². The molecule has 0 amide bonds. The van der Waals surface area contributed by atoms with Gasteiger partial charge >= 0.3 is 0 Å². The van der Waals surface area contributed by atoms with E-state index in [0.29, 0.717) is 11.8 Å². The summed E-state index contributed by atoms with van der Waals surface area (Å²) in [4.78, 5) is 0. The Kier molecular flexibility index (Phi) is 3.92. The summed E-state index contributed by atoms with van der Waals surface area (Å²) in [5.41, 5.74) is 1.28. The first-order valence-electron chi connectivity index (χ1n) is 5.43. The monoisotopic (exact) mass is 223 g/mol. The number of hydrogen-bond acceptors (Lipinski definition) is 3. The normalized spacial score (nSPS) is 20.7. The predicted molar refractivity (Wildman–Crippen MR) is 65.5 cm³/mol. The molecule has 0 bridgehead atoms. The van der Waals surface area contributed by atoms with Gasteiger partial charge in [0, 0.05) is 11.8 Å². The SMILES string of the molecule is Oc1ccc(CCNC2CCSC2)cc1. The summed E-state index contributed by atoms with van der Waals surface area (Å²) in [6.07, 6.45) is 2.35. The molecule has 2 N–H and O–H groups in total. The van der Waals surface area contributed by atoms with Crippen LogP contribution in [0.2, 0.25) is 0 Å². The molecule has 0 aromatic heterocycles. The first-order chi connectivity index (χ1) is 7.34. The van der Waals surface area contributed by atoms with Gasteiger partial charge in [-0.2, -0.15) is 11.8 Å². The highest BCUT2D eigenvalue weighted by Gasteiger charge is 2.13. The molecule has 2 nitrogen and oxygen atoms in total. The second-order valence-electron chi connectivity index (χ2n) is 3.93. The Morgan fingerprint density at radius 1 is 1.33 bits per heavy atom. The highest BCUT2D eigenvalue weighted by molar-refractivity contribution is 7.99. The summed E-state index contributed by atoms with van der Waals surface area (Å²) in [6.45, 7) is 1.04. The van der Waals surface area contributed by atoms with Crippen LogP contribution in [0.5, 0.6) is 5.75 Å². The van der Waals surface area contributed by atoms with Gasteiger partial charge in [0.25, 0.3) is 0 Å². The maximum Gasteiger partial charge on any atom is 0.115 e. The number of rotatable bonds is 4. The largest absolute Gasteiger partial charge is 0.508 e. The maximum absolute atomic E-state index is 9.14. The summed E-state index contributed by atoms with van der Waals surface area (Å²) in [6, 6.07) is 8.19. The van der Waals surface area contributed by atoms with Crippen molar-refractivity contribution in [2.45, 2.75) is 18.9 Å². The number of thioether (sulfide) groups is 1. The lowest BCUT2D eigenvalue weighted by molar-refractivity contribution is 0.475. The van der Waals surface area contributed by atoms with Crippen molar-refractivity contribution in [1.82, 2.24) is 5.32 Å². The van der Waals surface area contributed by atoms with E-state index in [-0.39, 0.29) is 0 Å². The Bertz CT molecular complexity index is 293. The van der Waals surface area contributed by atoms with Crippen LogP contribution in [-0.4, -0.2) is 29.2 Å². The van der Waals surface area contributed by atoms with Gasteiger partial charge in [-0.3, -0.25) is 0 Å². The lowest BCUT2D eigenvalue weighted by Gasteiger charge is -2.10. The van der Waals surface area contributed by atoms with Gasteiger partial charge in [-0.05, 0) is 42.8 Å². The van der Waals surface area contributed by atoms with E-state index in [9.17, 15) is 0 Å². The fraction of sp³-hybridized carbons (Fsp3) is 0.500. The Morgan fingerprint density at radius 2 is 2.13 bits per heavy atom. The molecule has 2 rings (SSSR count). The fourth-order valence-corrected chi connectivity index (χ4v) is 2.97. The second-order valence-corrected chi connectivity index (χ2v) is 5.08. The van der Waals surface area contributed by atoms with E-state index in [1.54, 1.807) is 12.1 Å². The zero-order chi connectivity index (χ0) is 10.5. The van der Waals surface area contributed by atoms with Gasteiger partial charge in [-0.15, -0.1) is 0 Å². The minimum absolute atomic E-state index is 0.346. The van der Waals surface area contributed by atoms with E-state index in [4.69, 9.17) is 5.11 Å². The molecule has 1 atom stereocenters. The molecule has 1 aliphatic rings. The second kappa shape index (κ2) is 5.42. The van der Waals surface area contributed by atoms with Crippen molar-refractivity contribution in [3.05, 3.63) is 29.8 Å². The molecule has 0 spiro atoms. The summed E-state index contributed by atoms with van der Waals surface area (Å²) in [5, 5.41) is 12.7. The van der Waals surface area contributed by atoms with Crippen molar-refractivity contribution in [3.8, 4) is 5.75 Å². The fourth-order valence-electron chi connectivity index (χ4n) is 1.78. The molecule has 0 aliphatic carbocycles. The molecule has 1 aromatic rings. The van der Waals surface area contributed by atoms with Crippen molar-refractivity contribution in [1.29, 1.82) is 0 Å². The van der Waals surface area contributed by atoms with Crippen LogP contribution in [0.1, 0.15) is 12.0 Å². The van der Waals surface area contributed by atoms with Crippen LogP contribution in [-0.2, 0) is 6.42 Å². The van der Waals surface area contributed by atoms with Crippen molar-refractivity contribution >= 4 is 11.8 Å². The molecule has 0 radical (unpaired) electrons. The molecule has 0 saturated carbocycles. The molecular weight excluding hydrogens is 206 g/mol. The van der Waals surface area contributed by atoms with E-state index in [0.717, 1.165) is 13.0 Å². The first-order valence-corrected chi connectivity index (χ1v) is 6.59. The van der Waals surface area contributed by atoms with Crippen LogP contribution < -0.4 is 5.32 Å². The van der Waals surface area contributed by atoms with E-state index < -0.39 is 0 Å². The van der Waals surface area contributed by atoms with Crippen LogP contribution in [0.25, 0.3) is 0 Å². The first kappa shape index (κ1) is 10.8. The van der Waals surface area contributed by atoms with Crippen molar-refractivity contribution in [2.75, 3.05) is 18.1 Å². The molecule has 1 aromatic carbocycles. The minimum atomic E-state index is 0.346. The third kappa shape index (κ3) is 3.43. The number of phenolic OH excluding ortho intramolecular Hbond substituents is 1. The highest BCUT2D eigenvalue weighted by atomic mass is 32.2. The van der Waals surface area contributed by atoms with Crippen LogP contribution in [0, 0.1) is 0 Å². The third-order valence-electron chi connectivity index (χ3n) is 2.71. The lowest BCUT2D eigenvalue weighted by atomic mass is 10.1. The lowest BCUT2D eigenvalue weighted by Crippen LogP contribution is -2.30. The van der Waals surface area contributed by atoms with E-state index in [1.807, 2.05) is 23.9 Å². The Hall–Kier alpha value is -0.670. The number of hydrogen-bond donors (Lipinski definition) is 2. The minimum Gasteiger partial charge on any atom is -0.508 e. The smallest absolute Gasteiger partial charge is 0.115 e. The summed E-state index contributed by atoms with van der Waals surface area (Å²) in [5.74, 6) is 2.91. The molecule has 1 heterocycles. The van der Waals surface area contributed by atoms with Gasteiger partial charge in [0.15, 0.2) is 0 Å². The van der Waals surface area contributed by atoms with Crippen molar-refractivity contribution < 1.29 is 5.11 Å². The van der Waals surface area contributed by atoms with Crippen LogP contribution in [0.4, 0.5) is 0 Å². The van der Waals surface area contributed by atoms with Gasteiger partial charge in [-0.1, -0.05) is 12.1 Å². The van der Waals surface area contributed by atoms with E-state index in [2.05, 4.69) is 5.32 Å². The summed E-state index contributed by atoms with van der Waals surface area (Å²) >= 11 is 2.03. The Morgan fingerprint density at radius 3 is 2.80 bits per heavy atom. The number of phenols is 1. The van der Waals surface area contributed by atoms with Crippen molar-refractivity contribution in [2.24, 2.45) is 0 Å². The van der Waals surface area contributed by atoms with Gasteiger partial charge in [0.05, 0.1) is 0 Å². The summed E-state index contributed by atoms with van der Waals surface area (Å²) in [7, 11) is 0. The predicted octanol–water partition coefficient (Wildman–Crippen LogP) is 2.03. The number of aromatic hydroxyl groups is 1. The average molecular weight is 223 g/mol. The third-order valence-corrected chi connectivity index (χ3v) is 3.88. The average Bonchev–Trinajstić information content (AvgIpc) is 2.74. The zero-order valence-corrected chi connectivity index (χ0v) is 9.59. The van der Waals surface area contributed by atoms with Gasteiger partial charge in [-0.25, -0.2) is 0 Å². The van der Waals surface area contributed by atoms with E-state index >= 15 is 0 Å². The molecule has 3 heteroatoms. The molecular formula is C12H17NOS. The van der Waals surface area contributed by atoms with Crippen molar-refractivity contribution in [3.63, 3.8) is 0 Å². The quantitative estimate of drug-likeness (QED) is 0.819. The van der Waals surface area contributed by atoms with Gasteiger partial charge in [0.2, 0.25) is 0 Å². The maximum atomic E-state index is 9.14. The molecule has 1 saturated heterocycles. The standard InChI is InChI=1S/C12H17NOS/c14-12-3-1-10(2-4-12)5-7-13-11-6-8-15-9-11/h1-4,11,13-14H,5-9H2. The zero-order valence-electron chi connectivity index (χ0n) is 8.78. The van der Waals surface area contributed by atoms with E-state index in [1.165, 1.54) is 23.5 Å². The van der Waals surface area contributed by atoms with Crippen LogP contribution >= 0.6 is 11.8 Å². The van der Waals surface area contributed by atoms with Crippen LogP contribution in [0.3, 0.4) is 0 Å². The summed E-state index contributed by atoms with van der Waals surface area (Å²) < 4.78 is 0. The molecule has 82 valence electrons. The van der Waals surface area contributed by atoms with Crippen LogP contribution in [0.15, 0.2) is 24.3 Å². The number of benzene rings is 1. The molecule has 1 aliphatic heterocycles. The Labute approximate surface area is 95.1 Å². The molecule has 1 unspecified atom stereocenters. The molecule has 15 heavy (non-hydrogen) atoms. The van der Waals surface area contributed by atoms with Gasteiger partial charge in [0.1, 0.15) is 5.75 Å².